The van der Waals surface area contributed by atoms with Gasteiger partial charge in [0.05, 0.1) is 6.61 Å². The van der Waals surface area contributed by atoms with Gasteiger partial charge in [0.1, 0.15) is 0 Å². The van der Waals surface area contributed by atoms with Crippen LogP contribution in [0.15, 0.2) is 28.7 Å². The molecule has 3 heteroatoms. The van der Waals surface area contributed by atoms with E-state index in [2.05, 4.69) is 46.4 Å². The highest BCUT2D eigenvalue weighted by Crippen LogP contribution is 2.14. The number of nitrogens with one attached hydrogen (secondary N) is 1. The van der Waals surface area contributed by atoms with Gasteiger partial charge in [-0.3, -0.25) is 0 Å². The zero-order valence-electron chi connectivity index (χ0n) is 9.13. The number of hydrogen-bond acceptors (Lipinski definition) is 2. The van der Waals surface area contributed by atoms with E-state index in [1.54, 1.807) is 0 Å². The van der Waals surface area contributed by atoms with E-state index in [9.17, 15) is 0 Å². The maximum atomic E-state index is 5.38. The molecule has 2 nitrogen and oxygen atoms in total. The molecule has 1 N–H and O–H groups in total. The highest BCUT2D eigenvalue weighted by Gasteiger charge is 1.96. The molecule has 0 fully saturated rings. The first-order valence-corrected chi connectivity index (χ1v) is 6.15. The summed E-state index contributed by atoms with van der Waals surface area (Å²) >= 11 is 3.52. The van der Waals surface area contributed by atoms with E-state index in [0.29, 0.717) is 0 Å². The Morgan fingerprint density at radius 2 is 2.07 bits per heavy atom. The second-order valence-corrected chi connectivity index (χ2v) is 4.23. The van der Waals surface area contributed by atoms with Crippen molar-refractivity contribution < 1.29 is 4.74 Å². The molecule has 0 saturated carbocycles. The third-order valence-corrected chi connectivity index (χ3v) is 2.82. The fourth-order valence-corrected chi connectivity index (χ4v) is 1.68. The average molecular weight is 272 g/mol. The van der Waals surface area contributed by atoms with Crippen LogP contribution in [0.4, 0.5) is 0 Å². The first-order chi connectivity index (χ1) is 7.34. The van der Waals surface area contributed by atoms with Crippen molar-refractivity contribution in [3.63, 3.8) is 0 Å². The van der Waals surface area contributed by atoms with Crippen LogP contribution >= 0.6 is 15.9 Å². The van der Waals surface area contributed by atoms with Gasteiger partial charge in [-0.05, 0) is 18.1 Å². The summed E-state index contributed by atoms with van der Waals surface area (Å²) in [5.74, 6) is 0. The molecule has 0 heterocycles. The van der Waals surface area contributed by atoms with Crippen molar-refractivity contribution in [2.24, 2.45) is 0 Å². The molecule has 0 aliphatic heterocycles. The Labute approximate surface area is 100 Å². The van der Waals surface area contributed by atoms with Gasteiger partial charge in [0.25, 0.3) is 0 Å². The van der Waals surface area contributed by atoms with Crippen molar-refractivity contribution in [3.05, 3.63) is 34.3 Å². The molecule has 0 saturated heterocycles. The average Bonchev–Trinajstić information content (AvgIpc) is 2.25. The van der Waals surface area contributed by atoms with Crippen LogP contribution in [-0.2, 0) is 11.3 Å². The van der Waals surface area contributed by atoms with Crippen LogP contribution in [0.1, 0.15) is 18.9 Å². The normalized spacial score (nSPS) is 10.5. The molecule has 0 bridgehead atoms. The molecular weight excluding hydrogens is 254 g/mol. The number of halogens is 1. The van der Waals surface area contributed by atoms with Crippen LogP contribution in [0.5, 0.6) is 0 Å². The van der Waals surface area contributed by atoms with Gasteiger partial charge in [-0.25, -0.2) is 0 Å². The Hall–Kier alpha value is -0.380. The Morgan fingerprint density at radius 3 is 2.80 bits per heavy atom. The minimum atomic E-state index is 0.790. The van der Waals surface area contributed by atoms with Crippen molar-refractivity contribution in [2.75, 3.05) is 19.8 Å². The molecule has 1 aromatic rings. The SMILES string of the molecule is CCCOCCNCc1ccccc1Br. The standard InChI is InChI=1S/C12H18BrNO/c1-2-8-15-9-7-14-10-11-5-3-4-6-12(11)13/h3-6,14H,2,7-10H2,1H3. The molecule has 84 valence electrons. The molecule has 0 amide bonds. The molecule has 0 aromatic heterocycles. The van der Waals surface area contributed by atoms with E-state index in [0.717, 1.165) is 37.2 Å². The van der Waals surface area contributed by atoms with Crippen LogP contribution in [-0.4, -0.2) is 19.8 Å². The Bertz CT molecular complexity index is 278. The van der Waals surface area contributed by atoms with Gasteiger partial charge < -0.3 is 10.1 Å². The van der Waals surface area contributed by atoms with E-state index < -0.39 is 0 Å². The van der Waals surface area contributed by atoms with Gasteiger partial charge in [0.2, 0.25) is 0 Å². The van der Waals surface area contributed by atoms with Gasteiger partial charge >= 0.3 is 0 Å². The maximum absolute atomic E-state index is 5.38. The lowest BCUT2D eigenvalue weighted by molar-refractivity contribution is 0.136. The smallest absolute Gasteiger partial charge is 0.0591 e. The van der Waals surface area contributed by atoms with Crippen LogP contribution < -0.4 is 5.32 Å². The summed E-state index contributed by atoms with van der Waals surface area (Å²) in [6.07, 6.45) is 1.09. The Balaban J connectivity index is 2.12. The predicted octanol–water partition coefficient (Wildman–Crippen LogP) is 2.97. The van der Waals surface area contributed by atoms with E-state index >= 15 is 0 Å². The van der Waals surface area contributed by atoms with Crippen molar-refractivity contribution in [2.45, 2.75) is 19.9 Å². The monoisotopic (exact) mass is 271 g/mol. The van der Waals surface area contributed by atoms with Crippen molar-refractivity contribution in [1.82, 2.24) is 5.32 Å². The van der Waals surface area contributed by atoms with Gasteiger partial charge in [-0.2, -0.15) is 0 Å². The molecular formula is C12H18BrNO. The predicted molar refractivity (Wildman–Crippen MR) is 67.0 cm³/mol. The van der Waals surface area contributed by atoms with Crippen LogP contribution in [0, 0.1) is 0 Å². The van der Waals surface area contributed by atoms with E-state index in [1.807, 2.05) is 6.07 Å². The molecule has 1 aromatic carbocycles. The highest BCUT2D eigenvalue weighted by atomic mass is 79.9. The van der Waals surface area contributed by atoms with E-state index in [1.165, 1.54) is 5.56 Å². The lowest BCUT2D eigenvalue weighted by Crippen LogP contribution is -2.19. The molecule has 15 heavy (non-hydrogen) atoms. The largest absolute Gasteiger partial charge is 0.380 e. The summed E-state index contributed by atoms with van der Waals surface area (Å²) in [4.78, 5) is 0. The van der Waals surface area contributed by atoms with Crippen molar-refractivity contribution >= 4 is 15.9 Å². The Morgan fingerprint density at radius 1 is 1.27 bits per heavy atom. The summed E-state index contributed by atoms with van der Waals surface area (Å²) < 4.78 is 6.54. The van der Waals surface area contributed by atoms with Crippen molar-refractivity contribution in [1.29, 1.82) is 0 Å². The molecule has 0 aliphatic carbocycles. The van der Waals surface area contributed by atoms with Gasteiger partial charge in [0.15, 0.2) is 0 Å². The molecule has 0 unspecified atom stereocenters. The van der Waals surface area contributed by atoms with E-state index in [4.69, 9.17) is 4.74 Å². The summed E-state index contributed by atoms with van der Waals surface area (Å²) in [5.41, 5.74) is 1.29. The molecule has 0 atom stereocenters. The maximum Gasteiger partial charge on any atom is 0.0591 e. The minimum Gasteiger partial charge on any atom is -0.380 e. The molecule has 1 rings (SSSR count). The van der Waals surface area contributed by atoms with Crippen LogP contribution in [0.25, 0.3) is 0 Å². The summed E-state index contributed by atoms with van der Waals surface area (Å²) in [5, 5.41) is 3.35. The van der Waals surface area contributed by atoms with Gasteiger partial charge in [0, 0.05) is 24.2 Å². The fraction of sp³-hybridized carbons (Fsp3) is 0.500. The molecule has 0 aliphatic rings. The second kappa shape index (κ2) is 7.85. The number of ether oxygens (including phenoxy) is 1. The number of hydrogen-bond donors (Lipinski definition) is 1. The summed E-state index contributed by atoms with van der Waals surface area (Å²) in [6.45, 7) is 5.56. The summed E-state index contributed by atoms with van der Waals surface area (Å²) in [7, 11) is 0. The van der Waals surface area contributed by atoms with Gasteiger partial charge in [-0.1, -0.05) is 41.1 Å². The first-order valence-electron chi connectivity index (χ1n) is 5.36. The zero-order valence-corrected chi connectivity index (χ0v) is 10.7. The highest BCUT2D eigenvalue weighted by molar-refractivity contribution is 9.10. The van der Waals surface area contributed by atoms with Gasteiger partial charge in [-0.15, -0.1) is 0 Å². The summed E-state index contributed by atoms with van der Waals surface area (Å²) in [6, 6.07) is 8.25. The van der Waals surface area contributed by atoms with Crippen molar-refractivity contribution in [3.8, 4) is 0 Å². The van der Waals surface area contributed by atoms with Crippen LogP contribution in [0.2, 0.25) is 0 Å². The number of rotatable bonds is 7. The third-order valence-electron chi connectivity index (χ3n) is 2.04. The molecule has 0 spiro atoms. The van der Waals surface area contributed by atoms with E-state index in [-0.39, 0.29) is 0 Å². The zero-order chi connectivity index (χ0) is 10.9. The fourth-order valence-electron chi connectivity index (χ4n) is 1.26. The lowest BCUT2D eigenvalue weighted by Gasteiger charge is -2.06. The minimum absolute atomic E-state index is 0.790. The number of benzene rings is 1. The Kier molecular flexibility index (Phi) is 6.64. The van der Waals surface area contributed by atoms with Crippen LogP contribution in [0.3, 0.4) is 0 Å². The quantitative estimate of drug-likeness (QED) is 0.770. The second-order valence-electron chi connectivity index (χ2n) is 3.38. The topological polar surface area (TPSA) is 21.3 Å². The first kappa shape index (κ1) is 12.7. The molecule has 0 radical (unpaired) electrons. The third kappa shape index (κ3) is 5.30. The lowest BCUT2D eigenvalue weighted by atomic mass is 10.2.